The molecule has 578 valence electrons. The highest BCUT2D eigenvalue weighted by molar-refractivity contribution is 7.45. The lowest BCUT2D eigenvalue weighted by atomic mass is 10.0. The van der Waals surface area contributed by atoms with Crippen LogP contribution in [0.1, 0.15) is 322 Å². The number of hydrogen-bond donors (Lipinski definition) is 0. The molecule has 0 fully saturated rings. The predicted octanol–water partition coefficient (Wildman–Crippen LogP) is 27.3. The number of quaternary nitrogens is 1. The highest BCUT2D eigenvalue weighted by atomic mass is 31.2. The van der Waals surface area contributed by atoms with Gasteiger partial charge in [0.05, 0.1) is 27.7 Å². The quantitative estimate of drug-likeness (QED) is 0.0195. The summed E-state index contributed by atoms with van der Waals surface area (Å²) in [6.07, 6.45) is 124. The van der Waals surface area contributed by atoms with E-state index in [1.165, 1.54) is 141 Å². The third-order valence-corrected chi connectivity index (χ3v) is 18.1. The zero-order valence-corrected chi connectivity index (χ0v) is 66.9. The fourth-order valence-electron chi connectivity index (χ4n) is 10.9. The monoisotopic (exact) mass is 1430 g/mol. The summed E-state index contributed by atoms with van der Waals surface area (Å²) in [5.74, 6) is -0.841. The van der Waals surface area contributed by atoms with E-state index in [0.29, 0.717) is 17.4 Å². The summed E-state index contributed by atoms with van der Waals surface area (Å²) in [4.78, 5) is 38.2. The van der Waals surface area contributed by atoms with Crippen molar-refractivity contribution in [3.05, 3.63) is 194 Å². The van der Waals surface area contributed by atoms with Crippen molar-refractivity contribution in [3.63, 3.8) is 0 Å². The maximum atomic E-state index is 12.9. The molecule has 0 spiro atoms. The minimum Gasteiger partial charge on any atom is -0.756 e. The smallest absolute Gasteiger partial charge is 0.306 e. The van der Waals surface area contributed by atoms with Crippen molar-refractivity contribution >= 4 is 19.8 Å². The first kappa shape index (κ1) is 96.8. The largest absolute Gasteiger partial charge is 0.756 e. The van der Waals surface area contributed by atoms with Gasteiger partial charge in [-0.3, -0.25) is 14.2 Å². The van der Waals surface area contributed by atoms with Crippen molar-refractivity contribution < 1.29 is 42.1 Å². The Morgan fingerprint density at radius 1 is 0.304 bits per heavy atom. The molecular weight excluding hydrogens is 1280 g/mol. The number of nitrogens with zero attached hydrogens (tertiary/aromatic N) is 1. The van der Waals surface area contributed by atoms with Gasteiger partial charge in [-0.2, -0.15) is 0 Å². The third-order valence-electron chi connectivity index (χ3n) is 17.1. The average molecular weight is 1430 g/mol. The highest BCUT2D eigenvalue weighted by Crippen LogP contribution is 2.38. The number of unbranched alkanes of at least 4 members (excludes halogenated alkanes) is 28. The average Bonchev–Trinajstić information content (AvgIpc) is 0.913. The van der Waals surface area contributed by atoms with Crippen molar-refractivity contribution in [2.75, 3.05) is 47.5 Å². The summed E-state index contributed by atoms with van der Waals surface area (Å²) in [6, 6.07) is 0. The molecule has 0 aliphatic rings. The second-order valence-electron chi connectivity index (χ2n) is 28.0. The van der Waals surface area contributed by atoms with Gasteiger partial charge >= 0.3 is 11.9 Å². The van der Waals surface area contributed by atoms with Crippen LogP contribution < -0.4 is 4.89 Å². The molecule has 102 heavy (non-hydrogen) atoms. The summed E-state index contributed by atoms with van der Waals surface area (Å²) >= 11 is 0. The van der Waals surface area contributed by atoms with Gasteiger partial charge in [-0.05, 0) is 141 Å². The molecule has 0 radical (unpaired) electrons. The minimum absolute atomic E-state index is 0.0393. The van der Waals surface area contributed by atoms with Gasteiger partial charge in [0.15, 0.2) is 6.10 Å². The van der Waals surface area contributed by atoms with Crippen LogP contribution in [-0.4, -0.2) is 70.0 Å². The van der Waals surface area contributed by atoms with E-state index in [2.05, 4.69) is 208 Å². The lowest BCUT2D eigenvalue weighted by Gasteiger charge is -2.28. The number of likely N-dealkylation sites (N-methyl/N-ethyl adjacent to an activating group) is 1. The number of allylic oxidation sites excluding steroid dienone is 32. The summed E-state index contributed by atoms with van der Waals surface area (Å²) in [6.45, 7) is 4.01. The van der Waals surface area contributed by atoms with E-state index in [9.17, 15) is 19.0 Å². The number of rotatable bonds is 74. The minimum atomic E-state index is -4.66. The SMILES string of the molecule is CC/C=C\C/C=C\C/C=C\C/C=C\C/C=C\C/C=C\C/C=C\C/C=C\C/C=C\CCCCCCCCCCCC(=O)OC(COC(=O)CCCCCCCCCCCCCCCCCCCCC/C=C\C/C=C\C/C=C\C/C=C\C/C=C\C/C=C\C/C=C\CC)COP(=O)([O-])OCC[N+](C)(C)C. The Balaban J connectivity index is 4.02. The Bertz CT molecular complexity index is 2440. The number of carbonyl (C=O) groups excluding carboxylic acids is 2. The molecule has 0 aromatic rings. The number of phosphoric ester groups is 1. The van der Waals surface area contributed by atoms with Gasteiger partial charge < -0.3 is 27.9 Å². The Labute approximate surface area is 628 Å². The molecule has 0 aliphatic carbocycles. The first-order chi connectivity index (χ1) is 50.0. The van der Waals surface area contributed by atoms with E-state index >= 15 is 0 Å². The second kappa shape index (κ2) is 80.0. The summed E-state index contributed by atoms with van der Waals surface area (Å²) in [7, 11) is 1.15. The van der Waals surface area contributed by atoms with Crippen LogP contribution in [0.2, 0.25) is 0 Å². The molecule has 0 aliphatic heterocycles. The Morgan fingerprint density at radius 3 is 0.784 bits per heavy atom. The van der Waals surface area contributed by atoms with Gasteiger partial charge in [-0.25, -0.2) is 0 Å². The third kappa shape index (κ3) is 83.8. The molecule has 10 heteroatoms. The summed E-state index contributed by atoms with van der Waals surface area (Å²) in [5.41, 5.74) is 0. The molecule has 0 N–H and O–H groups in total. The molecule has 0 amide bonds. The molecule has 2 unspecified atom stereocenters. The zero-order valence-electron chi connectivity index (χ0n) is 66.0. The van der Waals surface area contributed by atoms with Crippen LogP contribution in [0.15, 0.2) is 194 Å². The molecule has 0 rings (SSSR count). The van der Waals surface area contributed by atoms with Gasteiger partial charge in [-0.15, -0.1) is 0 Å². The van der Waals surface area contributed by atoms with Crippen LogP contribution in [0.4, 0.5) is 0 Å². The van der Waals surface area contributed by atoms with Gasteiger partial charge in [0, 0.05) is 12.8 Å². The van der Waals surface area contributed by atoms with Crippen LogP contribution in [0.25, 0.3) is 0 Å². The van der Waals surface area contributed by atoms with Crippen LogP contribution >= 0.6 is 7.82 Å². The van der Waals surface area contributed by atoms with Crippen LogP contribution in [0.5, 0.6) is 0 Å². The maximum Gasteiger partial charge on any atom is 0.306 e. The first-order valence-electron chi connectivity index (χ1n) is 41.1. The summed E-state index contributed by atoms with van der Waals surface area (Å²) in [5, 5.41) is 0. The van der Waals surface area contributed by atoms with E-state index in [0.717, 1.165) is 148 Å². The Kier molecular flexibility index (Phi) is 75.9. The molecule has 2 atom stereocenters. The first-order valence-corrected chi connectivity index (χ1v) is 42.6. The maximum absolute atomic E-state index is 12.9. The van der Waals surface area contributed by atoms with Gasteiger partial charge in [0.1, 0.15) is 19.8 Å². The van der Waals surface area contributed by atoms with E-state index in [4.69, 9.17) is 18.5 Å². The van der Waals surface area contributed by atoms with Gasteiger partial charge in [-0.1, -0.05) is 362 Å². The normalized spacial score (nSPS) is 14.1. The number of carbonyl (C=O) groups is 2. The Morgan fingerprint density at radius 2 is 0.529 bits per heavy atom. The fraction of sp³-hybridized carbons (Fsp3) is 0.630. The molecule has 9 nitrogen and oxygen atoms in total. The summed E-state index contributed by atoms with van der Waals surface area (Å²) < 4.78 is 34.4. The lowest BCUT2D eigenvalue weighted by Crippen LogP contribution is -2.37. The molecular formula is C92H152NO8P. The zero-order chi connectivity index (χ0) is 74.0. The predicted molar refractivity (Wildman–Crippen MR) is 442 cm³/mol. The van der Waals surface area contributed by atoms with Crippen molar-refractivity contribution in [2.45, 2.75) is 328 Å². The van der Waals surface area contributed by atoms with Crippen molar-refractivity contribution in [1.82, 2.24) is 0 Å². The molecule has 0 saturated heterocycles. The fourth-order valence-corrected chi connectivity index (χ4v) is 11.7. The molecule has 0 aromatic carbocycles. The van der Waals surface area contributed by atoms with Crippen LogP contribution in [-0.2, 0) is 32.7 Å². The number of hydrogen-bond acceptors (Lipinski definition) is 8. The van der Waals surface area contributed by atoms with Gasteiger partial charge in [0.25, 0.3) is 7.82 Å². The topological polar surface area (TPSA) is 111 Å². The molecule has 0 bridgehead atoms. The van der Waals surface area contributed by atoms with E-state index in [-0.39, 0.29) is 32.0 Å². The molecule has 0 aromatic heterocycles. The van der Waals surface area contributed by atoms with Crippen LogP contribution in [0, 0.1) is 0 Å². The number of esters is 2. The Hall–Kier alpha value is -5.15. The van der Waals surface area contributed by atoms with Crippen LogP contribution in [0.3, 0.4) is 0 Å². The van der Waals surface area contributed by atoms with Crippen molar-refractivity contribution in [1.29, 1.82) is 0 Å². The number of ether oxygens (including phenoxy) is 2. The standard InChI is InChI=1S/C92H152NO8P/c1-6-8-10-12-14-16-18-20-22-24-26-28-30-32-34-36-38-40-42-44-45-46-47-49-50-52-54-56-58-60-62-64-66-68-70-72-74-76-78-80-82-84-91(94)98-88-90(89-100-102(96,97)99-87-86-93(3,4)5)101-92(95)85-83-81-79-77-75-73-71-69-67-65-63-61-59-57-55-53-51-48-43-41-39-37-35-33-31-29-27-25-23-21-19-17-15-13-11-9-7-2/h8-11,14-17,20-23,26-29,32-35,38-41,44-45,48,51,55,57,61,63,90H,6-7,12-13,18-19,24-25,30-31,36-37,42-43,46-47,49-50,52-54,56,58-60,62,64-89H2,1-5H3/b10-8-,11-9-,16-14-,17-15-,22-20-,23-21-,28-26-,29-27-,34-32-,35-33-,40-38-,41-39-,45-44-,51-48-,57-55-,63-61-. The molecule has 0 saturated carbocycles. The number of phosphoric acid groups is 1. The van der Waals surface area contributed by atoms with Crippen molar-refractivity contribution in [2.24, 2.45) is 0 Å². The van der Waals surface area contributed by atoms with E-state index in [1.807, 2.05) is 21.1 Å². The van der Waals surface area contributed by atoms with Gasteiger partial charge in [0.2, 0.25) is 0 Å². The second-order valence-corrected chi connectivity index (χ2v) is 29.4. The lowest BCUT2D eigenvalue weighted by molar-refractivity contribution is -0.870. The molecule has 0 heterocycles. The van der Waals surface area contributed by atoms with E-state index in [1.54, 1.807) is 0 Å². The van der Waals surface area contributed by atoms with Crippen molar-refractivity contribution in [3.8, 4) is 0 Å². The van der Waals surface area contributed by atoms with E-state index < -0.39 is 26.5 Å². The highest BCUT2D eigenvalue weighted by Gasteiger charge is 2.22.